The second-order valence-corrected chi connectivity index (χ2v) is 2.74. The minimum Gasteiger partial charge on any atom is -0.398 e. The van der Waals surface area contributed by atoms with Gasteiger partial charge in [0.05, 0.1) is 0 Å². The summed E-state index contributed by atoms with van der Waals surface area (Å²) < 4.78 is 0. The second kappa shape index (κ2) is 4.81. The van der Waals surface area contributed by atoms with E-state index in [2.05, 4.69) is 26.0 Å². The van der Waals surface area contributed by atoms with Crippen LogP contribution in [0.1, 0.15) is 30.5 Å². The third-order valence-electron chi connectivity index (χ3n) is 2.00. The summed E-state index contributed by atoms with van der Waals surface area (Å²) in [7, 11) is 0. The van der Waals surface area contributed by atoms with Crippen LogP contribution in [-0.4, -0.2) is 0 Å². The summed E-state index contributed by atoms with van der Waals surface area (Å²) in [6, 6.07) is 4.15. The molecule has 0 saturated heterocycles. The molecule has 0 bridgehead atoms. The molecular weight excluding hydrogens is 146 g/mol. The van der Waals surface area contributed by atoms with Gasteiger partial charge in [-0.05, 0) is 37.5 Å². The van der Waals surface area contributed by atoms with Gasteiger partial charge in [0, 0.05) is 5.69 Å². The highest BCUT2D eigenvalue weighted by atomic mass is 14.6. The van der Waals surface area contributed by atoms with E-state index < -0.39 is 0 Å². The van der Waals surface area contributed by atoms with Crippen molar-refractivity contribution in [3.05, 3.63) is 28.8 Å². The van der Waals surface area contributed by atoms with E-state index in [-0.39, 0.29) is 0 Å². The maximum atomic E-state index is 5.78. The van der Waals surface area contributed by atoms with E-state index >= 15 is 0 Å². The zero-order valence-corrected chi connectivity index (χ0v) is 8.73. The van der Waals surface area contributed by atoms with Gasteiger partial charge in [0.1, 0.15) is 0 Å². The van der Waals surface area contributed by atoms with E-state index in [9.17, 15) is 0 Å². The summed E-state index contributed by atoms with van der Waals surface area (Å²) >= 11 is 0. The van der Waals surface area contributed by atoms with Gasteiger partial charge in [0.15, 0.2) is 0 Å². The highest BCUT2D eigenvalue weighted by molar-refractivity contribution is 5.55. The van der Waals surface area contributed by atoms with E-state index in [1.54, 1.807) is 0 Å². The predicted molar refractivity (Wildman–Crippen MR) is 56.4 cm³/mol. The molecule has 1 heteroatoms. The van der Waals surface area contributed by atoms with Crippen molar-refractivity contribution in [3.63, 3.8) is 0 Å². The molecular formula is C11H19N. The number of hydrogen-bond donors (Lipinski definition) is 1. The molecule has 0 heterocycles. The van der Waals surface area contributed by atoms with Crippen LogP contribution in [0.15, 0.2) is 12.1 Å². The van der Waals surface area contributed by atoms with Crippen LogP contribution in [-0.2, 0) is 0 Å². The Morgan fingerprint density at radius 3 is 1.75 bits per heavy atom. The standard InChI is InChI=1S/C9H13N.C2H6/c1-6-4-5-7(2)9(10)8(6)3;1-2/h4-5H,10H2,1-3H3;1-2H3. The topological polar surface area (TPSA) is 26.0 Å². The van der Waals surface area contributed by atoms with E-state index in [1.165, 1.54) is 16.7 Å². The van der Waals surface area contributed by atoms with Crippen LogP contribution in [0.5, 0.6) is 0 Å². The Labute approximate surface area is 75.6 Å². The molecule has 0 saturated carbocycles. The molecule has 0 amide bonds. The lowest BCUT2D eigenvalue weighted by molar-refractivity contribution is 1.31. The second-order valence-electron chi connectivity index (χ2n) is 2.74. The zero-order valence-electron chi connectivity index (χ0n) is 8.73. The number of aryl methyl sites for hydroxylation is 2. The maximum Gasteiger partial charge on any atom is 0.0376 e. The molecule has 68 valence electrons. The Bertz CT molecular complexity index is 224. The summed E-state index contributed by atoms with van der Waals surface area (Å²) in [5, 5.41) is 0. The molecule has 0 spiro atoms. The smallest absolute Gasteiger partial charge is 0.0376 e. The van der Waals surface area contributed by atoms with Gasteiger partial charge in [-0.2, -0.15) is 0 Å². The van der Waals surface area contributed by atoms with Gasteiger partial charge in [-0.15, -0.1) is 0 Å². The minimum atomic E-state index is 0.931. The molecule has 2 N–H and O–H groups in total. The quantitative estimate of drug-likeness (QED) is 0.587. The van der Waals surface area contributed by atoms with Crippen molar-refractivity contribution in [2.24, 2.45) is 0 Å². The first-order chi connectivity index (χ1) is 5.63. The molecule has 0 fully saturated rings. The van der Waals surface area contributed by atoms with Crippen LogP contribution in [0.25, 0.3) is 0 Å². The van der Waals surface area contributed by atoms with Crippen LogP contribution < -0.4 is 5.73 Å². The van der Waals surface area contributed by atoms with Crippen molar-refractivity contribution in [1.29, 1.82) is 0 Å². The van der Waals surface area contributed by atoms with E-state index in [4.69, 9.17) is 5.73 Å². The molecule has 12 heavy (non-hydrogen) atoms. The molecule has 1 aromatic rings. The third-order valence-corrected chi connectivity index (χ3v) is 2.00. The third kappa shape index (κ3) is 2.26. The van der Waals surface area contributed by atoms with Gasteiger partial charge in [-0.1, -0.05) is 26.0 Å². The Kier molecular flexibility index (Phi) is 4.42. The number of rotatable bonds is 0. The summed E-state index contributed by atoms with van der Waals surface area (Å²) in [6.45, 7) is 10.2. The zero-order chi connectivity index (χ0) is 9.72. The van der Waals surface area contributed by atoms with E-state index in [1.807, 2.05) is 20.8 Å². The summed E-state index contributed by atoms with van der Waals surface area (Å²) in [4.78, 5) is 0. The molecule has 0 atom stereocenters. The molecule has 0 radical (unpaired) electrons. The molecule has 0 aliphatic heterocycles. The molecule has 0 aliphatic carbocycles. The van der Waals surface area contributed by atoms with Crippen molar-refractivity contribution >= 4 is 5.69 Å². The molecule has 1 aromatic carbocycles. The maximum absolute atomic E-state index is 5.78. The van der Waals surface area contributed by atoms with Crippen LogP contribution >= 0.6 is 0 Å². The Morgan fingerprint density at radius 1 is 0.917 bits per heavy atom. The van der Waals surface area contributed by atoms with Gasteiger partial charge >= 0.3 is 0 Å². The van der Waals surface area contributed by atoms with E-state index in [0.717, 1.165) is 5.69 Å². The number of benzene rings is 1. The SMILES string of the molecule is CC.Cc1ccc(C)c(N)c1C. The van der Waals surface area contributed by atoms with Crippen molar-refractivity contribution < 1.29 is 0 Å². The fourth-order valence-corrected chi connectivity index (χ4v) is 0.973. The average molecular weight is 165 g/mol. The lowest BCUT2D eigenvalue weighted by atomic mass is 10.0. The summed E-state index contributed by atoms with van der Waals surface area (Å²) in [5.41, 5.74) is 10.4. The predicted octanol–water partition coefficient (Wildman–Crippen LogP) is 3.22. The lowest BCUT2D eigenvalue weighted by Crippen LogP contribution is -1.94. The van der Waals surface area contributed by atoms with E-state index in [0.29, 0.717) is 0 Å². The fourth-order valence-electron chi connectivity index (χ4n) is 0.973. The van der Waals surface area contributed by atoms with Crippen LogP contribution in [0.3, 0.4) is 0 Å². The first-order valence-electron chi connectivity index (χ1n) is 4.45. The highest BCUT2D eigenvalue weighted by Gasteiger charge is 1.98. The number of anilines is 1. The lowest BCUT2D eigenvalue weighted by Gasteiger charge is -2.05. The number of nitrogen functional groups attached to an aromatic ring is 1. The Balaban J connectivity index is 0.000000561. The number of nitrogens with two attached hydrogens (primary N) is 1. The molecule has 0 aliphatic rings. The van der Waals surface area contributed by atoms with Crippen LogP contribution in [0, 0.1) is 20.8 Å². The van der Waals surface area contributed by atoms with Crippen LogP contribution in [0.2, 0.25) is 0 Å². The first kappa shape index (κ1) is 11.0. The summed E-state index contributed by atoms with van der Waals surface area (Å²) in [6.07, 6.45) is 0. The van der Waals surface area contributed by atoms with Crippen LogP contribution in [0.4, 0.5) is 5.69 Å². The van der Waals surface area contributed by atoms with Gasteiger partial charge < -0.3 is 5.73 Å². The fraction of sp³-hybridized carbons (Fsp3) is 0.455. The monoisotopic (exact) mass is 165 g/mol. The molecule has 0 aromatic heterocycles. The van der Waals surface area contributed by atoms with Gasteiger partial charge in [0.2, 0.25) is 0 Å². The van der Waals surface area contributed by atoms with Crippen molar-refractivity contribution in [3.8, 4) is 0 Å². The van der Waals surface area contributed by atoms with Crippen molar-refractivity contribution in [1.82, 2.24) is 0 Å². The average Bonchev–Trinajstić information content (AvgIpc) is 2.12. The largest absolute Gasteiger partial charge is 0.398 e. The molecule has 1 nitrogen and oxygen atoms in total. The Morgan fingerprint density at radius 2 is 1.33 bits per heavy atom. The van der Waals surface area contributed by atoms with Crippen molar-refractivity contribution in [2.75, 3.05) is 5.73 Å². The van der Waals surface area contributed by atoms with Gasteiger partial charge in [0.25, 0.3) is 0 Å². The molecule has 1 rings (SSSR count). The Hall–Kier alpha value is -0.980. The van der Waals surface area contributed by atoms with Gasteiger partial charge in [-0.3, -0.25) is 0 Å². The normalized spacial score (nSPS) is 8.75. The number of hydrogen-bond acceptors (Lipinski definition) is 1. The molecule has 0 unspecified atom stereocenters. The first-order valence-corrected chi connectivity index (χ1v) is 4.45. The minimum absolute atomic E-state index is 0.931. The van der Waals surface area contributed by atoms with Crippen molar-refractivity contribution in [2.45, 2.75) is 34.6 Å². The highest BCUT2D eigenvalue weighted by Crippen LogP contribution is 2.18. The summed E-state index contributed by atoms with van der Waals surface area (Å²) in [5.74, 6) is 0. The van der Waals surface area contributed by atoms with Gasteiger partial charge in [-0.25, -0.2) is 0 Å².